The lowest BCUT2D eigenvalue weighted by Crippen LogP contribution is -2.66. The van der Waals surface area contributed by atoms with Crippen LogP contribution >= 0.6 is 11.8 Å². The van der Waals surface area contributed by atoms with Crippen LogP contribution in [0.3, 0.4) is 0 Å². The SMILES string of the molecule is CCS[C@@H]1O[C@@H](C)[C@H](OCc2ccccc2)[C@@H](O[C@@H]2O[C@@H](C)[C@H](OC)[C@@H](O[C@@H]3O[C@H](C)[C@@H](N=[N+]=[N-])[C@H](OC)[C@H]3OC(C)=O)[C@H]2OCc2ccccc2)[C@H]1OCc1ccccc1. The molecule has 0 saturated carbocycles. The number of esters is 1. The van der Waals surface area contributed by atoms with E-state index < -0.39 is 97.2 Å². The number of nitrogens with zero attached hydrogens (tertiary/aromatic N) is 3. The molecule has 0 aromatic heterocycles. The van der Waals surface area contributed by atoms with Gasteiger partial charge < -0.3 is 52.1 Å². The van der Waals surface area contributed by atoms with Gasteiger partial charge in [-0.2, -0.15) is 0 Å². The molecule has 0 unspecified atom stereocenters. The molecule has 3 fully saturated rings. The second kappa shape index (κ2) is 23.2. The third-order valence-corrected chi connectivity index (χ3v) is 12.1. The predicted octanol–water partition coefficient (Wildman–Crippen LogP) is 7.14. The molecular formula is C45H59N3O12S. The van der Waals surface area contributed by atoms with Crippen molar-refractivity contribution < 1.29 is 56.9 Å². The molecule has 16 heteroatoms. The zero-order valence-electron chi connectivity index (χ0n) is 35.8. The predicted molar refractivity (Wildman–Crippen MR) is 226 cm³/mol. The largest absolute Gasteiger partial charge is 0.454 e. The first-order valence-electron chi connectivity index (χ1n) is 20.8. The van der Waals surface area contributed by atoms with Gasteiger partial charge in [0.25, 0.3) is 0 Å². The Morgan fingerprint density at radius 1 is 0.623 bits per heavy atom. The second-order valence-corrected chi connectivity index (χ2v) is 16.6. The summed E-state index contributed by atoms with van der Waals surface area (Å²) >= 11 is 1.63. The number of ether oxygens (including phenoxy) is 11. The van der Waals surface area contributed by atoms with E-state index in [9.17, 15) is 10.3 Å². The summed E-state index contributed by atoms with van der Waals surface area (Å²) in [5.74, 6) is 0.166. The van der Waals surface area contributed by atoms with Gasteiger partial charge in [0.15, 0.2) is 18.7 Å². The van der Waals surface area contributed by atoms with Gasteiger partial charge in [-0.15, -0.1) is 11.8 Å². The average molecular weight is 866 g/mol. The highest BCUT2D eigenvalue weighted by Gasteiger charge is 2.55. The van der Waals surface area contributed by atoms with Crippen molar-refractivity contribution in [1.29, 1.82) is 0 Å². The van der Waals surface area contributed by atoms with Crippen molar-refractivity contribution in [2.45, 2.75) is 146 Å². The van der Waals surface area contributed by atoms with E-state index in [1.165, 1.54) is 14.0 Å². The number of carbonyl (C=O) groups is 1. The maximum atomic E-state index is 12.6. The summed E-state index contributed by atoms with van der Waals surface area (Å²) in [6.45, 7) is 9.71. The van der Waals surface area contributed by atoms with Crippen LogP contribution in [0.15, 0.2) is 96.1 Å². The molecule has 3 aliphatic rings. The van der Waals surface area contributed by atoms with E-state index in [1.807, 2.05) is 105 Å². The van der Waals surface area contributed by atoms with E-state index in [0.29, 0.717) is 13.2 Å². The monoisotopic (exact) mass is 865 g/mol. The molecular weight excluding hydrogens is 807 g/mol. The van der Waals surface area contributed by atoms with Crippen LogP contribution in [0.25, 0.3) is 10.4 Å². The van der Waals surface area contributed by atoms with E-state index >= 15 is 0 Å². The first kappa shape index (κ1) is 46.9. The number of hydrogen-bond acceptors (Lipinski definition) is 14. The molecule has 0 bridgehead atoms. The lowest BCUT2D eigenvalue weighted by molar-refractivity contribution is -0.373. The summed E-state index contributed by atoms with van der Waals surface area (Å²) in [6.07, 6.45) is -10.6. The molecule has 0 aliphatic carbocycles. The van der Waals surface area contributed by atoms with Gasteiger partial charge in [-0.05, 0) is 48.7 Å². The van der Waals surface area contributed by atoms with E-state index in [2.05, 4.69) is 16.9 Å². The fourth-order valence-corrected chi connectivity index (χ4v) is 9.09. The van der Waals surface area contributed by atoms with Gasteiger partial charge in [0, 0.05) is 26.1 Å². The molecule has 0 N–H and O–H groups in total. The summed E-state index contributed by atoms with van der Waals surface area (Å²) in [5.41, 5.74) is 11.9. The summed E-state index contributed by atoms with van der Waals surface area (Å²) in [4.78, 5) is 15.6. The molecule has 3 aromatic rings. The number of methoxy groups -OCH3 is 2. The summed E-state index contributed by atoms with van der Waals surface area (Å²) < 4.78 is 72.0. The lowest BCUT2D eigenvalue weighted by Gasteiger charge is -2.51. The number of thioether (sulfide) groups is 1. The van der Waals surface area contributed by atoms with Crippen LogP contribution in [0.2, 0.25) is 0 Å². The molecule has 0 spiro atoms. The van der Waals surface area contributed by atoms with Gasteiger partial charge in [0.05, 0.1) is 44.2 Å². The van der Waals surface area contributed by atoms with Crippen molar-refractivity contribution in [3.05, 3.63) is 118 Å². The molecule has 3 aromatic carbocycles. The molecule has 0 amide bonds. The molecule has 332 valence electrons. The molecule has 0 radical (unpaired) electrons. The van der Waals surface area contributed by atoms with Gasteiger partial charge in [-0.1, -0.05) is 103 Å². The average Bonchev–Trinajstić information content (AvgIpc) is 3.25. The minimum atomic E-state index is -1.21. The minimum Gasteiger partial charge on any atom is -0.454 e. The van der Waals surface area contributed by atoms with Crippen molar-refractivity contribution in [2.24, 2.45) is 5.11 Å². The van der Waals surface area contributed by atoms with Crippen molar-refractivity contribution in [2.75, 3.05) is 20.0 Å². The Kier molecular flexibility index (Phi) is 17.8. The molecule has 3 aliphatic heterocycles. The molecule has 61 heavy (non-hydrogen) atoms. The number of carbonyl (C=O) groups excluding carboxylic acids is 1. The highest BCUT2D eigenvalue weighted by Crippen LogP contribution is 2.39. The summed E-state index contributed by atoms with van der Waals surface area (Å²) in [7, 11) is 3.01. The van der Waals surface area contributed by atoms with Crippen molar-refractivity contribution in [1.82, 2.24) is 0 Å². The number of rotatable bonds is 19. The second-order valence-electron chi connectivity index (χ2n) is 15.2. The first-order valence-corrected chi connectivity index (χ1v) is 21.8. The minimum absolute atomic E-state index is 0.161. The topological polar surface area (TPSA) is 167 Å². The maximum Gasteiger partial charge on any atom is 0.303 e. The van der Waals surface area contributed by atoms with Gasteiger partial charge in [0.1, 0.15) is 48.2 Å². The summed E-state index contributed by atoms with van der Waals surface area (Å²) in [5, 5.41) is 3.92. The molecule has 3 heterocycles. The van der Waals surface area contributed by atoms with Gasteiger partial charge in [-0.25, -0.2) is 0 Å². The Morgan fingerprint density at radius 3 is 1.57 bits per heavy atom. The molecule has 3 saturated heterocycles. The zero-order valence-corrected chi connectivity index (χ0v) is 36.6. The van der Waals surface area contributed by atoms with Crippen LogP contribution < -0.4 is 0 Å². The van der Waals surface area contributed by atoms with E-state index in [4.69, 9.17) is 52.1 Å². The smallest absolute Gasteiger partial charge is 0.303 e. The Balaban J connectivity index is 1.39. The third-order valence-electron chi connectivity index (χ3n) is 11.0. The van der Waals surface area contributed by atoms with Crippen LogP contribution in [0.5, 0.6) is 0 Å². The van der Waals surface area contributed by atoms with Gasteiger partial charge in [0.2, 0.25) is 0 Å². The Bertz CT molecular complexity index is 1810. The van der Waals surface area contributed by atoms with Crippen molar-refractivity contribution in [3.63, 3.8) is 0 Å². The standard InChI is InChI=1S/C45H59N3O12S/c1-8-61-45-42(54-26-33-22-16-11-17-23-33)39(36(29(4)57-45)52-24-31-18-12-9-13-19-31)60-43-40(53-25-32-20-14-10-15-21-32)38(35(50-6)28(3)56-43)59-44-41(58-30(5)49)37(51-7)34(47-48-46)27(2)55-44/h9-23,27-29,34-45H,8,24-26H2,1-7H3/t27-,28+,29+,34-,35+,36+,37+,38-,39-,40-,41-,42-,43+,44+,45+/m1/s1. The Labute approximate surface area is 362 Å². The van der Waals surface area contributed by atoms with Crippen LogP contribution in [0.4, 0.5) is 0 Å². The Hall–Kier alpha value is -3.61. The molecule has 15 atom stereocenters. The molecule has 6 rings (SSSR count). The number of benzene rings is 3. The number of hydrogen-bond donors (Lipinski definition) is 0. The fraction of sp³-hybridized carbons (Fsp3) is 0.578. The van der Waals surface area contributed by atoms with E-state index in [-0.39, 0.29) is 6.61 Å². The lowest BCUT2D eigenvalue weighted by atomic mass is 9.95. The zero-order chi connectivity index (χ0) is 43.3. The normalized spacial score (nSPS) is 34.0. The molecule has 15 nitrogen and oxygen atoms in total. The highest BCUT2D eigenvalue weighted by atomic mass is 32.2. The van der Waals surface area contributed by atoms with Crippen LogP contribution in [-0.2, 0) is 76.7 Å². The quantitative estimate of drug-likeness (QED) is 0.0517. The first-order chi connectivity index (χ1) is 29.6. The Morgan fingerprint density at radius 2 is 1.08 bits per heavy atom. The third kappa shape index (κ3) is 12.1. The maximum absolute atomic E-state index is 12.6. The highest BCUT2D eigenvalue weighted by molar-refractivity contribution is 7.99. The van der Waals surface area contributed by atoms with E-state index in [0.717, 1.165) is 22.4 Å². The van der Waals surface area contributed by atoms with E-state index in [1.54, 1.807) is 25.8 Å². The van der Waals surface area contributed by atoms with Gasteiger partial charge in [-0.3, -0.25) is 4.79 Å². The van der Waals surface area contributed by atoms with Crippen LogP contribution in [0, 0.1) is 0 Å². The van der Waals surface area contributed by atoms with Crippen LogP contribution in [0.1, 0.15) is 51.3 Å². The fourth-order valence-electron chi connectivity index (χ4n) is 8.08. The van der Waals surface area contributed by atoms with Crippen molar-refractivity contribution >= 4 is 17.7 Å². The number of azide groups is 1. The van der Waals surface area contributed by atoms with Crippen LogP contribution in [-0.4, -0.2) is 117 Å². The van der Waals surface area contributed by atoms with Crippen molar-refractivity contribution in [3.8, 4) is 0 Å². The van der Waals surface area contributed by atoms with Gasteiger partial charge >= 0.3 is 5.97 Å². The summed E-state index contributed by atoms with van der Waals surface area (Å²) in [6, 6.07) is 28.8.